The van der Waals surface area contributed by atoms with Crippen LogP contribution in [0.15, 0.2) is 0 Å². The minimum atomic E-state index is -0.172. The molecule has 1 heterocycles. The van der Waals surface area contributed by atoms with Crippen molar-refractivity contribution < 1.29 is 5.11 Å². The van der Waals surface area contributed by atoms with Gasteiger partial charge in [0, 0.05) is 12.1 Å². The van der Waals surface area contributed by atoms with Crippen LogP contribution in [0.3, 0.4) is 0 Å². The van der Waals surface area contributed by atoms with E-state index in [0.717, 1.165) is 0 Å². The zero-order valence-corrected chi connectivity index (χ0v) is 9.16. The largest absolute Gasteiger partial charge is 0.392 e. The second kappa shape index (κ2) is 4.97. The van der Waals surface area contributed by atoms with Crippen LogP contribution in [-0.2, 0) is 0 Å². The molecule has 0 radical (unpaired) electrons. The van der Waals surface area contributed by atoms with Crippen LogP contribution in [0.25, 0.3) is 0 Å². The summed E-state index contributed by atoms with van der Waals surface area (Å²) in [5, 5.41) is 9.65. The fourth-order valence-corrected chi connectivity index (χ4v) is 2.28. The van der Waals surface area contributed by atoms with E-state index >= 15 is 0 Å². The average Bonchev–Trinajstić information content (AvgIpc) is 2.16. The number of rotatable bonds is 3. The Morgan fingerprint density at radius 3 is 2.62 bits per heavy atom. The number of nitrogens with zero attached hydrogens (tertiary/aromatic N) is 1. The maximum absolute atomic E-state index is 9.65. The summed E-state index contributed by atoms with van der Waals surface area (Å²) in [4.78, 5) is 2.48. The average molecular weight is 185 g/mol. The summed E-state index contributed by atoms with van der Waals surface area (Å²) >= 11 is 0. The number of aliphatic hydroxyl groups excluding tert-OH is 1. The summed E-state index contributed by atoms with van der Waals surface area (Å²) < 4.78 is 0. The van der Waals surface area contributed by atoms with E-state index < -0.39 is 0 Å². The predicted octanol–water partition coefficient (Wildman–Crippen LogP) is 2.02. The molecule has 1 N–H and O–H groups in total. The van der Waals surface area contributed by atoms with E-state index in [-0.39, 0.29) is 6.10 Å². The molecule has 1 rings (SSSR count). The molecule has 78 valence electrons. The molecule has 1 aliphatic heterocycles. The first-order chi connectivity index (χ1) is 6.16. The Bertz CT molecular complexity index is 147. The number of hydrogen-bond acceptors (Lipinski definition) is 2. The quantitative estimate of drug-likeness (QED) is 0.727. The maximum Gasteiger partial charge on any atom is 0.0667 e. The van der Waals surface area contributed by atoms with Crippen LogP contribution < -0.4 is 0 Å². The predicted molar refractivity (Wildman–Crippen MR) is 55.8 cm³/mol. The summed E-state index contributed by atoms with van der Waals surface area (Å²) in [5.41, 5.74) is 0. The standard InChI is InChI=1S/C11H23NO/c1-4-9(2)12-8-6-5-7-11(12)10(3)13/h9-11,13H,4-8H2,1-3H3. The van der Waals surface area contributed by atoms with Crippen LogP contribution in [0.2, 0.25) is 0 Å². The minimum Gasteiger partial charge on any atom is -0.392 e. The van der Waals surface area contributed by atoms with Crippen molar-refractivity contribution in [1.82, 2.24) is 4.90 Å². The Labute approximate surface area is 81.9 Å². The first kappa shape index (κ1) is 11.0. The van der Waals surface area contributed by atoms with Crippen molar-refractivity contribution in [2.45, 2.75) is 64.6 Å². The molecule has 0 aromatic heterocycles. The second-order valence-electron chi connectivity index (χ2n) is 4.30. The van der Waals surface area contributed by atoms with Crippen LogP contribution in [0.5, 0.6) is 0 Å². The van der Waals surface area contributed by atoms with Crippen LogP contribution >= 0.6 is 0 Å². The third kappa shape index (κ3) is 2.68. The van der Waals surface area contributed by atoms with Crippen LogP contribution in [0.1, 0.15) is 46.5 Å². The molecule has 2 nitrogen and oxygen atoms in total. The molecule has 1 saturated heterocycles. The van der Waals surface area contributed by atoms with Gasteiger partial charge in [0.25, 0.3) is 0 Å². The summed E-state index contributed by atoms with van der Waals surface area (Å²) in [6, 6.07) is 1.03. The molecule has 2 heteroatoms. The van der Waals surface area contributed by atoms with Crippen molar-refractivity contribution in [2.24, 2.45) is 0 Å². The molecule has 0 saturated carbocycles. The van der Waals surface area contributed by atoms with Gasteiger partial charge in [-0.15, -0.1) is 0 Å². The topological polar surface area (TPSA) is 23.5 Å². The summed E-state index contributed by atoms with van der Waals surface area (Å²) in [5.74, 6) is 0. The highest BCUT2D eigenvalue weighted by molar-refractivity contribution is 4.83. The van der Waals surface area contributed by atoms with E-state index in [1.165, 1.54) is 32.2 Å². The monoisotopic (exact) mass is 185 g/mol. The van der Waals surface area contributed by atoms with Gasteiger partial charge in [0.2, 0.25) is 0 Å². The molecule has 0 aromatic rings. The first-order valence-corrected chi connectivity index (χ1v) is 5.60. The zero-order chi connectivity index (χ0) is 9.84. The second-order valence-corrected chi connectivity index (χ2v) is 4.30. The third-order valence-corrected chi connectivity index (χ3v) is 3.31. The highest BCUT2D eigenvalue weighted by atomic mass is 16.3. The highest BCUT2D eigenvalue weighted by Crippen LogP contribution is 2.22. The molecule has 3 unspecified atom stereocenters. The number of hydrogen-bond donors (Lipinski definition) is 1. The van der Waals surface area contributed by atoms with Crippen molar-refractivity contribution in [1.29, 1.82) is 0 Å². The molecule has 1 aliphatic rings. The number of likely N-dealkylation sites (tertiary alicyclic amines) is 1. The molecule has 3 atom stereocenters. The van der Waals surface area contributed by atoms with Crippen molar-refractivity contribution in [3.8, 4) is 0 Å². The minimum absolute atomic E-state index is 0.172. The normalized spacial score (nSPS) is 30.0. The van der Waals surface area contributed by atoms with Crippen molar-refractivity contribution in [3.63, 3.8) is 0 Å². The van der Waals surface area contributed by atoms with E-state index in [0.29, 0.717) is 12.1 Å². The van der Waals surface area contributed by atoms with Crippen LogP contribution in [0.4, 0.5) is 0 Å². The van der Waals surface area contributed by atoms with E-state index in [2.05, 4.69) is 18.7 Å². The van der Waals surface area contributed by atoms with Crippen LogP contribution in [-0.4, -0.2) is 34.7 Å². The van der Waals surface area contributed by atoms with Crippen molar-refractivity contribution >= 4 is 0 Å². The Morgan fingerprint density at radius 2 is 2.08 bits per heavy atom. The van der Waals surface area contributed by atoms with Gasteiger partial charge in [-0.1, -0.05) is 13.3 Å². The van der Waals surface area contributed by atoms with E-state index in [1.807, 2.05) is 6.92 Å². The fourth-order valence-electron chi connectivity index (χ4n) is 2.28. The zero-order valence-electron chi connectivity index (χ0n) is 9.16. The van der Waals surface area contributed by atoms with Gasteiger partial charge in [-0.05, 0) is 39.7 Å². The lowest BCUT2D eigenvalue weighted by molar-refractivity contribution is 0.0130. The van der Waals surface area contributed by atoms with Crippen LogP contribution in [0, 0.1) is 0 Å². The van der Waals surface area contributed by atoms with Gasteiger partial charge in [-0.3, -0.25) is 4.90 Å². The molecular formula is C11H23NO. The van der Waals surface area contributed by atoms with Gasteiger partial charge in [0.15, 0.2) is 0 Å². The summed E-state index contributed by atoms with van der Waals surface area (Å²) in [7, 11) is 0. The van der Waals surface area contributed by atoms with Gasteiger partial charge in [-0.2, -0.15) is 0 Å². The lowest BCUT2D eigenvalue weighted by Crippen LogP contribution is -2.49. The van der Waals surface area contributed by atoms with Gasteiger partial charge < -0.3 is 5.11 Å². The molecule has 0 aliphatic carbocycles. The molecule has 0 bridgehead atoms. The first-order valence-electron chi connectivity index (χ1n) is 5.60. The van der Waals surface area contributed by atoms with Crippen molar-refractivity contribution in [2.75, 3.05) is 6.54 Å². The molecule has 0 amide bonds. The van der Waals surface area contributed by atoms with E-state index in [9.17, 15) is 5.11 Å². The van der Waals surface area contributed by atoms with Gasteiger partial charge in [-0.25, -0.2) is 0 Å². The summed E-state index contributed by atoms with van der Waals surface area (Å²) in [6.45, 7) is 7.58. The lowest BCUT2D eigenvalue weighted by Gasteiger charge is -2.41. The third-order valence-electron chi connectivity index (χ3n) is 3.31. The Hall–Kier alpha value is -0.0800. The Kier molecular flexibility index (Phi) is 4.20. The molecule has 13 heavy (non-hydrogen) atoms. The van der Waals surface area contributed by atoms with Gasteiger partial charge in [0.05, 0.1) is 6.10 Å². The maximum atomic E-state index is 9.65. The Morgan fingerprint density at radius 1 is 1.38 bits per heavy atom. The molecule has 1 fully saturated rings. The fraction of sp³-hybridized carbons (Fsp3) is 1.00. The lowest BCUT2D eigenvalue weighted by atomic mass is 9.96. The molecule has 0 aromatic carbocycles. The van der Waals surface area contributed by atoms with E-state index in [4.69, 9.17) is 0 Å². The van der Waals surface area contributed by atoms with E-state index in [1.54, 1.807) is 0 Å². The van der Waals surface area contributed by atoms with Gasteiger partial charge in [0.1, 0.15) is 0 Å². The van der Waals surface area contributed by atoms with Crippen molar-refractivity contribution in [3.05, 3.63) is 0 Å². The SMILES string of the molecule is CCC(C)N1CCCCC1C(C)O. The molecule has 0 spiro atoms. The summed E-state index contributed by atoms with van der Waals surface area (Å²) in [6.07, 6.45) is 4.76. The molecular weight excluding hydrogens is 162 g/mol. The Balaban J connectivity index is 2.56. The van der Waals surface area contributed by atoms with Gasteiger partial charge >= 0.3 is 0 Å². The highest BCUT2D eigenvalue weighted by Gasteiger charge is 2.28. The smallest absolute Gasteiger partial charge is 0.0667 e. The number of piperidine rings is 1. The number of aliphatic hydroxyl groups is 1.